The van der Waals surface area contributed by atoms with E-state index in [-0.39, 0.29) is 5.69 Å². The van der Waals surface area contributed by atoms with E-state index in [0.29, 0.717) is 10.8 Å². The summed E-state index contributed by atoms with van der Waals surface area (Å²) in [6.45, 7) is 3.75. The zero-order chi connectivity index (χ0) is 15.5. The van der Waals surface area contributed by atoms with Crippen LogP contribution in [0.5, 0.6) is 5.95 Å². The first-order valence-electron chi connectivity index (χ1n) is 6.52. The smallest absolute Gasteiger partial charge is 0.289 e. The van der Waals surface area contributed by atoms with Gasteiger partial charge in [-0.2, -0.15) is 5.10 Å². The molecule has 3 rings (SSSR count). The fourth-order valence-corrected chi connectivity index (χ4v) is 2.44. The van der Waals surface area contributed by atoms with Gasteiger partial charge >= 0.3 is 0 Å². The van der Waals surface area contributed by atoms with Crippen LogP contribution in [0.25, 0.3) is 17.1 Å². The topological polar surface area (TPSA) is 90.2 Å². The van der Waals surface area contributed by atoms with Crippen LogP contribution in [0, 0.1) is 0 Å². The number of benzene rings is 1. The van der Waals surface area contributed by atoms with Gasteiger partial charge in [-0.3, -0.25) is 5.43 Å². The first kappa shape index (κ1) is 14.2. The van der Waals surface area contributed by atoms with Gasteiger partial charge in [0.25, 0.3) is 5.69 Å². The molecule has 7 nitrogen and oxygen atoms in total. The molecule has 0 fully saturated rings. The predicted molar refractivity (Wildman–Crippen MR) is 81.0 cm³/mol. The SMILES string of the molecule is CC(C)=NNc1nc(-c2c([O-])on[n+]2-c2ccccc2)cs1. The average Bonchev–Trinajstić information content (AvgIpc) is 3.12. The van der Waals surface area contributed by atoms with Gasteiger partial charge in [0, 0.05) is 23.2 Å². The summed E-state index contributed by atoms with van der Waals surface area (Å²) in [5, 5.41) is 22.2. The Morgan fingerprint density at radius 3 is 2.82 bits per heavy atom. The van der Waals surface area contributed by atoms with E-state index < -0.39 is 5.95 Å². The number of anilines is 1. The summed E-state index contributed by atoms with van der Waals surface area (Å²) in [4.78, 5) is 4.35. The zero-order valence-electron chi connectivity index (χ0n) is 12.0. The second kappa shape index (κ2) is 5.94. The van der Waals surface area contributed by atoms with Crippen molar-refractivity contribution in [3.05, 3.63) is 35.7 Å². The van der Waals surface area contributed by atoms with E-state index in [2.05, 4.69) is 20.8 Å². The number of hydrazone groups is 1. The molecule has 0 aliphatic carbocycles. The van der Waals surface area contributed by atoms with Crippen LogP contribution < -0.4 is 15.2 Å². The summed E-state index contributed by atoms with van der Waals surface area (Å²) in [6.07, 6.45) is 0. The Bertz CT molecular complexity index is 806. The van der Waals surface area contributed by atoms with E-state index in [4.69, 9.17) is 4.52 Å². The van der Waals surface area contributed by atoms with E-state index in [1.807, 2.05) is 44.2 Å². The highest BCUT2D eigenvalue weighted by atomic mass is 32.1. The molecule has 22 heavy (non-hydrogen) atoms. The van der Waals surface area contributed by atoms with E-state index >= 15 is 0 Å². The maximum atomic E-state index is 12.0. The van der Waals surface area contributed by atoms with E-state index in [1.165, 1.54) is 16.0 Å². The minimum atomic E-state index is -0.532. The van der Waals surface area contributed by atoms with Crippen LogP contribution in [-0.4, -0.2) is 16.0 Å². The van der Waals surface area contributed by atoms with Crippen molar-refractivity contribution in [1.82, 2.24) is 10.3 Å². The van der Waals surface area contributed by atoms with E-state index in [9.17, 15) is 5.11 Å². The van der Waals surface area contributed by atoms with E-state index in [1.54, 1.807) is 5.38 Å². The van der Waals surface area contributed by atoms with Gasteiger partial charge in [-0.25, -0.2) is 4.98 Å². The highest BCUT2D eigenvalue weighted by molar-refractivity contribution is 7.14. The van der Waals surface area contributed by atoms with Gasteiger partial charge in [-0.1, -0.05) is 18.2 Å². The molecule has 0 bridgehead atoms. The van der Waals surface area contributed by atoms with Gasteiger partial charge in [-0.05, 0) is 18.5 Å². The molecule has 0 unspecified atom stereocenters. The van der Waals surface area contributed by atoms with Crippen molar-refractivity contribution in [2.24, 2.45) is 5.10 Å². The molecule has 0 amide bonds. The van der Waals surface area contributed by atoms with Gasteiger partial charge in [0.15, 0.2) is 11.6 Å². The molecule has 1 N–H and O–H groups in total. The summed E-state index contributed by atoms with van der Waals surface area (Å²) in [5.74, 6) is -0.532. The summed E-state index contributed by atoms with van der Waals surface area (Å²) in [5.41, 5.74) is 5.23. The number of nitrogens with one attached hydrogen (secondary N) is 1. The molecule has 0 radical (unpaired) electrons. The highest BCUT2D eigenvalue weighted by Gasteiger charge is 2.24. The summed E-state index contributed by atoms with van der Waals surface area (Å²) < 4.78 is 6.23. The summed E-state index contributed by atoms with van der Waals surface area (Å²) in [7, 11) is 0. The van der Waals surface area contributed by atoms with Crippen LogP contribution in [0.1, 0.15) is 13.8 Å². The first-order chi connectivity index (χ1) is 10.6. The molecule has 1 aromatic carbocycles. The van der Waals surface area contributed by atoms with Crippen LogP contribution in [0.3, 0.4) is 0 Å². The van der Waals surface area contributed by atoms with Gasteiger partial charge < -0.3 is 9.63 Å². The Kier molecular flexibility index (Phi) is 3.84. The third-order valence-corrected chi connectivity index (χ3v) is 3.48. The molecule has 2 heterocycles. The summed E-state index contributed by atoms with van der Waals surface area (Å²) in [6, 6.07) is 9.28. The number of thiazole rings is 1. The van der Waals surface area contributed by atoms with Crippen LogP contribution in [0.2, 0.25) is 0 Å². The fraction of sp³-hybridized carbons (Fsp3) is 0.143. The lowest BCUT2D eigenvalue weighted by molar-refractivity contribution is -0.660. The number of rotatable bonds is 4. The van der Waals surface area contributed by atoms with Gasteiger partial charge in [0.1, 0.15) is 0 Å². The fourth-order valence-electron chi connectivity index (χ4n) is 1.80. The molecule has 0 aliphatic rings. The first-order valence-corrected chi connectivity index (χ1v) is 7.40. The van der Waals surface area contributed by atoms with Gasteiger partial charge in [-0.15, -0.1) is 11.3 Å². The maximum Gasteiger partial charge on any atom is 0.289 e. The molecule has 3 aromatic rings. The molecular weight excluding hydrogens is 302 g/mol. The molecular formula is C14H13N5O2S. The van der Waals surface area contributed by atoms with Crippen LogP contribution in [-0.2, 0) is 0 Å². The van der Waals surface area contributed by atoms with Crippen LogP contribution in [0.15, 0.2) is 45.3 Å². The lowest BCUT2D eigenvalue weighted by atomic mass is 10.3. The Labute approximate surface area is 130 Å². The lowest BCUT2D eigenvalue weighted by Crippen LogP contribution is -2.34. The molecule has 0 atom stereocenters. The number of hydrogen-bond acceptors (Lipinski definition) is 7. The molecule has 8 heteroatoms. The van der Waals surface area contributed by atoms with Crippen molar-refractivity contribution in [1.29, 1.82) is 0 Å². The summed E-state index contributed by atoms with van der Waals surface area (Å²) >= 11 is 1.35. The Morgan fingerprint density at radius 1 is 1.32 bits per heavy atom. The minimum Gasteiger partial charge on any atom is -0.539 e. The van der Waals surface area contributed by atoms with Crippen molar-refractivity contribution in [3.63, 3.8) is 0 Å². The number of hydrogen-bond donors (Lipinski definition) is 1. The highest BCUT2D eigenvalue weighted by Crippen LogP contribution is 2.27. The quantitative estimate of drug-likeness (QED) is 0.451. The standard InChI is InChI=1S/C14H13N5O2S/c1-9(2)16-17-14-15-11(8-22-14)12-13(20)21-18-19(12)10-6-4-3-5-7-10/h3-8H,1-2H3,(H-,15,17,18,20). The predicted octanol–water partition coefficient (Wildman–Crippen LogP) is 1.96. The molecule has 0 spiro atoms. The third-order valence-electron chi connectivity index (χ3n) is 2.73. The van der Waals surface area contributed by atoms with E-state index in [0.717, 1.165) is 11.4 Å². The minimum absolute atomic E-state index is 0.285. The maximum absolute atomic E-state index is 12.0. The number of para-hydroxylation sites is 1. The Balaban J connectivity index is 1.99. The molecule has 2 aromatic heterocycles. The largest absolute Gasteiger partial charge is 0.539 e. The Morgan fingerprint density at radius 2 is 2.09 bits per heavy atom. The molecule has 0 saturated carbocycles. The van der Waals surface area contributed by atoms with Gasteiger partial charge in [0.05, 0.1) is 5.27 Å². The van der Waals surface area contributed by atoms with Crippen molar-refractivity contribution in [2.45, 2.75) is 13.8 Å². The molecule has 0 aliphatic heterocycles. The average molecular weight is 315 g/mol. The number of aromatic nitrogens is 3. The molecule has 0 saturated heterocycles. The lowest BCUT2D eigenvalue weighted by Gasteiger charge is -1.95. The molecule has 112 valence electrons. The van der Waals surface area contributed by atoms with Crippen molar-refractivity contribution < 1.29 is 14.3 Å². The van der Waals surface area contributed by atoms with Crippen molar-refractivity contribution in [2.75, 3.05) is 5.43 Å². The van der Waals surface area contributed by atoms with Gasteiger partial charge in [0.2, 0.25) is 10.8 Å². The number of nitrogens with zero attached hydrogens (tertiary/aromatic N) is 4. The Hall–Kier alpha value is -2.74. The van der Waals surface area contributed by atoms with Crippen molar-refractivity contribution >= 4 is 22.2 Å². The van der Waals surface area contributed by atoms with Crippen LogP contribution >= 0.6 is 11.3 Å². The van der Waals surface area contributed by atoms with Crippen molar-refractivity contribution in [3.8, 4) is 23.0 Å². The second-order valence-corrected chi connectivity index (χ2v) is 5.52. The monoisotopic (exact) mass is 315 g/mol. The normalized spacial score (nSPS) is 10.5. The zero-order valence-corrected chi connectivity index (χ0v) is 12.8. The second-order valence-electron chi connectivity index (χ2n) is 4.67. The van der Waals surface area contributed by atoms with Crippen LogP contribution in [0.4, 0.5) is 5.13 Å². The third kappa shape index (κ3) is 2.82.